The van der Waals surface area contributed by atoms with Gasteiger partial charge in [-0.3, -0.25) is 0 Å². The average molecular weight is 200 g/mol. The molecule has 15 heavy (non-hydrogen) atoms. The molecule has 0 heterocycles. The second-order valence-electron chi connectivity index (χ2n) is 4.98. The molecule has 0 unspecified atom stereocenters. The van der Waals surface area contributed by atoms with E-state index in [-0.39, 0.29) is 0 Å². The molecule has 0 amide bonds. The van der Waals surface area contributed by atoms with Crippen molar-refractivity contribution in [3.8, 4) is 0 Å². The fourth-order valence-electron chi connectivity index (χ4n) is 2.43. The lowest BCUT2D eigenvalue weighted by Crippen LogP contribution is -1.97. The summed E-state index contributed by atoms with van der Waals surface area (Å²) in [7, 11) is 0. The highest BCUT2D eigenvalue weighted by molar-refractivity contribution is 5.57. The highest BCUT2D eigenvalue weighted by Crippen LogP contribution is 2.38. The number of rotatable bonds is 2. The monoisotopic (exact) mass is 200 g/mol. The van der Waals surface area contributed by atoms with E-state index in [1.54, 1.807) is 5.57 Å². The maximum Gasteiger partial charge on any atom is -0.00581 e. The summed E-state index contributed by atoms with van der Waals surface area (Å²) in [5, 5.41) is 0. The smallest absolute Gasteiger partial charge is 0.00581 e. The Kier molecular flexibility index (Phi) is 2.68. The minimum Gasteiger partial charge on any atom is -0.0766 e. The van der Waals surface area contributed by atoms with Crippen LogP contribution in [0.15, 0.2) is 46.1 Å². The summed E-state index contributed by atoms with van der Waals surface area (Å²) in [6, 6.07) is 0. The molecule has 0 aromatic heterocycles. The molecule has 0 heteroatoms. The van der Waals surface area contributed by atoms with Gasteiger partial charge in [0.2, 0.25) is 0 Å². The maximum absolute atomic E-state index is 2.38. The lowest BCUT2D eigenvalue weighted by atomic mass is 9.91. The van der Waals surface area contributed by atoms with E-state index in [1.165, 1.54) is 22.3 Å². The fraction of sp³-hybridized carbons (Fsp3) is 0.467. The van der Waals surface area contributed by atoms with Gasteiger partial charge < -0.3 is 0 Å². The van der Waals surface area contributed by atoms with E-state index in [9.17, 15) is 0 Å². The van der Waals surface area contributed by atoms with Gasteiger partial charge in [-0.1, -0.05) is 43.2 Å². The molecule has 0 saturated carbocycles. The van der Waals surface area contributed by atoms with Crippen LogP contribution in [-0.2, 0) is 0 Å². The Bertz CT molecular complexity index is 398. The van der Waals surface area contributed by atoms with Crippen molar-refractivity contribution in [2.45, 2.75) is 40.5 Å². The van der Waals surface area contributed by atoms with E-state index in [0.717, 1.165) is 12.8 Å². The van der Waals surface area contributed by atoms with Crippen molar-refractivity contribution in [2.75, 3.05) is 0 Å². The van der Waals surface area contributed by atoms with E-state index in [2.05, 4.69) is 45.9 Å². The summed E-state index contributed by atoms with van der Waals surface area (Å²) in [6.45, 7) is 9.03. The van der Waals surface area contributed by atoms with Crippen LogP contribution in [-0.4, -0.2) is 0 Å². The van der Waals surface area contributed by atoms with Crippen molar-refractivity contribution in [1.29, 1.82) is 0 Å². The van der Waals surface area contributed by atoms with Crippen LogP contribution in [0.4, 0.5) is 0 Å². The van der Waals surface area contributed by atoms with Crippen LogP contribution in [0.1, 0.15) is 40.5 Å². The van der Waals surface area contributed by atoms with Crippen LogP contribution in [0.3, 0.4) is 0 Å². The zero-order valence-electron chi connectivity index (χ0n) is 10.2. The Morgan fingerprint density at radius 3 is 2.40 bits per heavy atom. The number of hydrogen-bond donors (Lipinski definition) is 0. The molecule has 2 rings (SSSR count). The minimum absolute atomic E-state index is 0.654. The first kappa shape index (κ1) is 10.5. The highest BCUT2D eigenvalue weighted by Gasteiger charge is 2.20. The van der Waals surface area contributed by atoms with Crippen LogP contribution < -0.4 is 0 Å². The summed E-state index contributed by atoms with van der Waals surface area (Å²) in [4.78, 5) is 0. The molecule has 0 atom stereocenters. The molecule has 0 aromatic rings. The Hall–Kier alpha value is -1.04. The van der Waals surface area contributed by atoms with Gasteiger partial charge in [-0.05, 0) is 49.3 Å². The van der Waals surface area contributed by atoms with E-state index in [4.69, 9.17) is 0 Å². The Morgan fingerprint density at radius 1 is 1.13 bits per heavy atom. The Labute approximate surface area is 93.1 Å². The summed E-state index contributed by atoms with van der Waals surface area (Å²) < 4.78 is 0. The van der Waals surface area contributed by atoms with Crippen molar-refractivity contribution in [2.24, 2.45) is 5.92 Å². The maximum atomic E-state index is 2.38. The quantitative estimate of drug-likeness (QED) is 0.612. The molecule has 2 aliphatic carbocycles. The molecule has 0 nitrogen and oxygen atoms in total. The molecular weight excluding hydrogens is 180 g/mol. The van der Waals surface area contributed by atoms with Crippen molar-refractivity contribution in [1.82, 2.24) is 0 Å². The van der Waals surface area contributed by atoms with Crippen LogP contribution in [0.25, 0.3) is 0 Å². The molecule has 0 radical (unpaired) electrons. The van der Waals surface area contributed by atoms with Gasteiger partial charge in [0.15, 0.2) is 0 Å². The molecule has 0 aromatic carbocycles. The summed E-state index contributed by atoms with van der Waals surface area (Å²) in [5.74, 6) is 0.654. The van der Waals surface area contributed by atoms with Crippen molar-refractivity contribution < 1.29 is 0 Å². The Balaban J connectivity index is 2.22. The summed E-state index contributed by atoms with van der Waals surface area (Å²) in [5.41, 5.74) is 7.58. The fourth-order valence-corrected chi connectivity index (χ4v) is 2.43. The lowest BCUT2D eigenvalue weighted by Gasteiger charge is -2.13. The second-order valence-corrected chi connectivity index (χ2v) is 4.98. The van der Waals surface area contributed by atoms with E-state index in [1.807, 2.05) is 0 Å². The summed E-state index contributed by atoms with van der Waals surface area (Å²) >= 11 is 0. The standard InChI is InChI=1S/C15H20/c1-10(2)14-6-5-7-15(14)13-8-11(3)12(4)9-13/h6-8,10H,5,9H2,1-4H3. The van der Waals surface area contributed by atoms with Gasteiger partial charge in [-0.25, -0.2) is 0 Å². The third kappa shape index (κ3) is 1.86. The molecule has 2 aliphatic rings. The second kappa shape index (κ2) is 3.84. The topological polar surface area (TPSA) is 0 Å². The van der Waals surface area contributed by atoms with Gasteiger partial charge in [0.05, 0.1) is 0 Å². The molecule has 0 spiro atoms. The van der Waals surface area contributed by atoms with E-state index in [0.29, 0.717) is 5.92 Å². The SMILES string of the molecule is CC1=C(C)CC(C2=CCC=C2C(C)C)=C1. The highest BCUT2D eigenvalue weighted by atomic mass is 14.2. The third-order valence-corrected chi connectivity index (χ3v) is 3.46. The average Bonchev–Trinajstić information content (AvgIpc) is 2.73. The first-order valence-corrected chi connectivity index (χ1v) is 5.87. The van der Waals surface area contributed by atoms with Crippen molar-refractivity contribution in [3.63, 3.8) is 0 Å². The zero-order valence-corrected chi connectivity index (χ0v) is 10.2. The zero-order chi connectivity index (χ0) is 11.0. The van der Waals surface area contributed by atoms with Crippen LogP contribution in [0.2, 0.25) is 0 Å². The molecule has 0 saturated heterocycles. The molecular formula is C15H20. The molecule has 0 N–H and O–H groups in total. The van der Waals surface area contributed by atoms with Gasteiger partial charge in [0, 0.05) is 0 Å². The minimum atomic E-state index is 0.654. The van der Waals surface area contributed by atoms with E-state index < -0.39 is 0 Å². The molecule has 0 aliphatic heterocycles. The predicted molar refractivity (Wildman–Crippen MR) is 66.7 cm³/mol. The van der Waals surface area contributed by atoms with Crippen molar-refractivity contribution in [3.05, 3.63) is 46.1 Å². The third-order valence-electron chi connectivity index (χ3n) is 3.46. The number of hydrogen-bond acceptors (Lipinski definition) is 0. The number of allylic oxidation sites excluding steroid dienone is 8. The van der Waals surface area contributed by atoms with Crippen LogP contribution >= 0.6 is 0 Å². The Morgan fingerprint density at radius 2 is 1.87 bits per heavy atom. The normalized spacial score (nSPS) is 21.0. The molecule has 80 valence electrons. The molecule has 0 fully saturated rings. The largest absolute Gasteiger partial charge is 0.0766 e. The van der Waals surface area contributed by atoms with Crippen LogP contribution in [0, 0.1) is 5.92 Å². The van der Waals surface area contributed by atoms with Crippen LogP contribution in [0.5, 0.6) is 0 Å². The van der Waals surface area contributed by atoms with Gasteiger partial charge >= 0.3 is 0 Å². The van der Waals surface area contributed by atoms with Crippen molar-refractivity contribution >= 4 is 0 Å². The first-order valence-electron chi connectivity index (χ1n) is 5.87. The van der Waals surface area contributed by atoms with Gasteiger partial charge in [0.25, 0.3) is 0 Å². The van der Waals surface area contributed by atoms with Gasteiger partial charge in [0.1, 0.15) is 0 Å². The van der Waals surface area contributed by atoms with Gasteiger partial charge in [-0.15, -0.1) is 0 Å². The van der Waals surface area contributed by atoms with E-state index >= 15 is 0 Å². The molecule has 0 bridgehead atoms. The predicted octanol–water partition coefficient (Wildman–Crippen LogP) is 4.57. The van der Waals surface area contributed by atoms with Gasteiger partial charge in [-0.2, -0.15) is 0 Å². The first-order chi connectivity index (χ1) is 7.09. The lowest BCUT2D eigenvalue weighted by molar-refractivity contribution is 0.781. The summed E-state index contributed by atoms with van der Waals surface area (Å²) in [6.07, 6.45) is 9.40.